The molecule has 0 saturated heterocycles. The molecule has 0 spiro atoms. The summed E-state index contributed by atoms with van der Waals surface area (Å²) in [5.74, 6) is 7.20. The largest absolute Gasteiger partial charge is 0.469 e. The molecule has 0 aliphatic rings. The second-order valence-electron chi connectivity index (χ2n) is 3.90. The molecule has 2 atom stereocenters. The van der Waals surface area contributed by atoms with E-state index in [9.17, 15) is 0 Å². The molecule has 1 rings (SSSR count). The lowest BCUT2D eigenvalue weighted by atomic mass is 9.97. The molecule has 0 aliphatic carbocycles. The van der Waals surface area contributed by atoms with Crippen LogP contribution in [0.3, 0.4) is 0 Å². The summed E-state index contributed by atoms with van der Waals surface area (Å²) in [5, 5.41) is 0. The summed E-state index contributed by atoms with van der Waals surface area (Å²) in [7, 11) is 0. The summed E-state index contributed by atoms with van der Waals surface area (Å²) in [6.45, 7) is 4.44. The fourth-order valence-electron chi connectivity index (χ4n) is 1.53. The summed E-state index contributed by atoms with van der Waals surface area (Å²) < 4.78 is 5.29. The van der Waals surface area contributed by atoms with Crippen molar-refractivity contribution in [1.82, 2.24) is 5.43 Å². The van der Waals surface area contributed by atoms with Crippen molar-refractivity contribution in [2.75, 3.05) is 0 Å². The molecule has 0 fully saturated rings. The predicted octanol–water partition coefficient (Wildman–Crippen LogP) is 2.09. The first-order valence-corrected chi connectivity index (χ1v) is 5.24. The topological polar surface area (TPSA) is 51.2 Å². The zero-order valence-corrected chi connectivity index (χ0v) is 8.99. The van der Waals surface area contributed by atoms with Gasteiger partial charge in [0.2, 0.25) is 0 Å². The van der Waals surface area contributed by atoms with Crippen LogP contribution in [0.5, 0.6) is 0 Å². The van der Waals surface area contributed by atoms with Gasteiger partial charge >= 0.3 is 0 Å². The van der Waals surface area contributed by atoms with Gasteiger partial charge < -0.3 is 4.42 Å². The minimum atomic E-state index is 0.316. The van der Waals surface area contributed by atoms with Crippen LogP contribution in [0.1, 0.15) is 32.4 Å². The van der Waals surface area contributed by atoms with Gasteiger partial charge in [0, 0.05) is 12.5 Å². The Morgan fingerprint density at radius 1 is 1.57 bits per heavy atom. The minimum Gasteiger partial charge on any atom is -0.469 e. The van der Waals surface area contributed by atoms with Crippen molar-refractivity contribution in [1.29, 1.82) is 0 Å². The van der Waals surface area contributed by atoms with Crippen molar-refractivity contribution in [3.05, 3.63) is 24.2 Å². The highest BCUT2D eigenvalue weighted by atomic mass is 16.3. The Morgan fingerprint density at radius 2 is 2.36 bits per heavy atom. The standard InChI is InChI=1S/C11H20N2O/c1-3-9(2)7-10(13-12)8-11-5-4-6-14-11/h4-6,9-10,13H,3,7-8,12H2,1-2H3. The highest BCUT2D eigenvalue weighted by Crippen LogP contribution is 2.13. The van der Waals surface area contributed by atoms with Crippen LogP contribution >= 0.6 is 0 Å². The van der Waals surface area contributed by atoms with E-state index in [1.807, 2.05) is 12.1 Å². The summed E-state index contributed by atoms with van der Waals surface area (Å²) in [6.07, 6.45) is 4.85. The summed E-state index contributed by atoms with van der Waals surface area (Å²) in [6, 6.07) is 4.21. The normalized spacial score (nSPS) is 15.4. The van der Waals surface area contributed by atoms with Gasteiger partial charge in [0.1, 0.15) is 5.76 Å². The lowest BCUT2D eigenvalue weighted by Gasteiger charge is -2.18. The molecule has 0 radical (unpaired) electrons. The molecule has 1 heterocycles. The third-order valence-electron chi connectivity index (χ3n) is 2.65. The van der Waals surface area contributed by atoms with Crippen LogP contribution in [0.25, 0.3) is 0 Å². The maximum atomic E-state index is 5.50. The van der Waals surface area contributed by atoms with Gasteiger partial charge in [0.25, 0.3) is 0 Å². The Bertz CT molecular complexity index is 233. The van der Waals surface area contributed by atoms with E-state index in [4.69, 9.17) is 10.3 Å². The molecule has 1 aromatic rings. The average molecular weight is 196 g/mol. The van der Waals surface area contributed by atoms with Crippen molar-refractivity contribution >= 4 is 0 Å². The van der Waals surface area contributed by atoms with E-state index in [-0.39, 0.29) is 0 Å². The van der Waals surface area contributed by atoms with Crippen LogP contribution in [0.4, 0.5) is 0 Å². The monoisotopic (exact) mass is 196 g/mol. The summed E-state index contributed by atoms with van der Waals surface area (Å²) in [5.41, 5.74) is 2.85. The molecular weight excluding hydrogens is 176 g/mol. The Balaban J connectivity index is 2.39. The van der Waals surface area contributed by atoms with Crippen LogP contribution in [0.15, 0.2) is 22.8 Å². The van der Waals surface area contributed by atoms with Crippen LogP contribution < -0.4 is 11.3 Å². The quantitative estimate of drug-likeness (QED) is 0.541. The molecule has 3 N–H and O–H groups in total. The van der Waals surface area contributed by atoms with Crippen LogP contribution in [-0.4, -0.2) is 6.04 Å². The smallest absolute Gasteiger partial charge is 0.105 e. The molecule has 0 bridgehead atoms. The Hall–Kier alpha value is -0.800. The molecule has 14 heavy (non-hydrogen) atoms. The van der Waals surface area contributed by atoms with Gasteiger partial charge in [-0.1, -0.05) is 20.3 Å². The van der Waals surface area contributed by atoms with Crippen molar-refractivity contribution in [3.63, 3.8) is 0 Å². The highest BCUT2D eigenvalue weighted by molar-refractivity contribution is 5.00. The molecule has 2 unspecified atom stereocenters. The molecule has 0 aliphatic heterocycles. The van der Waals surface area contributed by atoms with Gasteiger partial charge in [-0.25, -0.2) is 0 Å². The van der Waals surface area contributed by atoms with E-state index in [0.717, 1.165) is 18.6 Å². The number of nitrogens with two attached hydrogens (primary N) is 1. The van der Waals surface area contributed by atoms with E-state index in [0.29, 0.717) is 12.0 Å². The third-order valence-corrected chi connectivity index (χ3v) is 2.65. The van der Waals surface area contributed by atoms with E-state index in [1.165, 1.54) is 6.42 Å². The molecule has 3 heteroatoms. The van der Waals surface area contributed by atoms with Gasteiger partial charge in [-0.3, -0.25) is 11.3 Å². The number of furan rings is 1. The molecular formula is C11H20N2O. The van der Waals surface area contributed by atoms with Crippen LogP contribution in [0, 0.1) is 5.92 Å². The highest BCUT2D eigenvalue weighted by Gasteiger charge is 2.12. The second kappa shape index (κ2) is 5.83. The average Bonchev–Trinajstić information content (AvgIpc) is 2.69. The van der Waals surface area contributed by atoms with Crippen molar-refractivity contribution < 1.29 is 4.42 Å². The SMILES string of the molecule is CCC(C)CC(Cc1ccco1)NN. The number of hydrogen-bond acceptors (Lipinski definition) is 3. The molecule has 3 nitrogen and oxygen atoms in total. The van der Waals surface area contributed by atoms with Crippen LogP contribution in [-0.2, 0) is 6.42 Å². The fraction of sp³-hybridized carbons (Fsp3) is 0.636. The van der Waals surface area contributed by atoms with Gasteiger partial charge in [-0.15, -0.1) is 0 Å². The maximum absolute atomic E-state index is 5.50. The number of nitrogens with one attached hydrogen (secondary N) is 1. The number of hydrazine groups is 1. The van der Waals surface area contributed by atoms with Gasteiger partial charge in [-0.05, 0) is 24.5 Å². The molecule has 0 amide bonds. The van der Waals surface area contributed by atoms with Crippen molar-refractivity contribution in [2.24, 2.45) is 11.8 Å². The molecule has 80 valence electrons. The Kier molecular flexibility index (Phi) is 4.70. The van der Waals surface area contributed by atoms with Gasteiger partial charge in [0.15, 0.2) is 0 Å². The lowest BCUT2D eigenvalue weighted by molar-refractivity contribution is 0.372. The fourth-order valence-corrected chi connectivity index (χ4v) is 1.53. The minimum absolute atomic E-state index is 0.316. The lowest BCUT2D eigenvalue weighted by Crippen LogP contribution is -2.37. The van der Waals surface area contributed by atoms with E-state index in [1.54, 1.807) is 6.26 Å². The zero-order chi connectivity index (χ0) is 10.4. The van der Waals surface area contributed by atoms with Crippen LogP contribution in [0.2, 0.25) is 0 Å². The van der Waals surface area contributed by atoms with E-state index < -0.39 is 0 Å². The second-order valence-corrected chi connectivity index (χ2v) is 3.90. The first kappa shape index (κ1) is 11.3. The van der Waals surface area contributed by atoms with Gasteiger partial charge in [0.05, 0.1) is 6.26 Å². The summed E-state index contributed by atoms with van der Waals surface area (Å²) >= 11 is 0. The molecule has 0 aromatic carbocycles. The molecule has 1 aromatic heterocycles. The van der Waals surface area contributed by atoms with Crippen molar-refractivity contribution in [3.8, 4) is 0 Å². The van der Waals surface area contributed by atoms with Gasteiger partial charge in [-0.2, -0.15) is 0 Å². The van der Waals surface area contributed by atoms with Crippen molar-refractivity contribution in [2.45, 2.75) is 39.2 Å². The first-order valence-electron chi connectivity index (χ1n) is 5.24. The Morgan fingerprint density at radius 3 is 2.86 bits per heavy atom. The van der Waals surface area contributed by atoms with E-state index in [2.05, 4.69) is 19.3 Å². The number of hydrogen-bond donors (Lipinski definition) is 2. The maximum Gasteiger partial charge on any atom is 0.105 e. The molecule has 0 saturated carbocycles. The summed E-state index contributed by atoms with van der Waals surface area (Å²) in [4.78, 5) is 0. The zero-order valence-electron chi connectivity index (χ0n) is 8.99. The first-order chi connectivity index (χ1) is 6.76. The predicted molar refractivity (Wildman–Crippen MR) is 57.6 cm³/mol. The van der Waals surface area contributed by atoms with E-state index >= 15 is 0 Å². The number of rotatable bonds is 6. The third kappa shape index (κ3) is 3.52. The Labute approximate surface area is 85.6 Å².